The van der Waals surface area contributed by atoms with Gasteiger partial charge in [0.25, 0.3) is 0 Å². The van der Waals surface area contributed by atoms with Crippen molar-refractivity contribution >= 4 is 0 Å². The molecule has 0 aliphatic heterocycles. The van der Waals surface area contributed by atoms with Crippen LogP contribution in [0.4, 0.5) is 0 Å². The Hall–Kier alpha value is -0.508. The molecule has 0 aromatic rings. The van der Waals surface area contributed by atoms with E-state index in [-0.39, 0.29) is 0 Å². The zero-order chi connectivity index (χ0) is 13.1. The molecular formula is C17H26Cr. The van der Waals surface area contributed by atoms with Crippen molar-refractivity contribution in [3.63, 3.8) is 0 Å². The SMILES string of the molecule is C1=C[CH]([Cr][CH]2C=CC=C2)C=C1.CCCCCCC. The molecule has 0 aromatic carbocycles. The molecule has 0 fully saturated rings. The number of hydrogen-bond acceptors (Lipinski definition) is 0. The van der Waals surface area contributed by atoms with Gasteiger partial charge in [0.15, 0.2) is 0 Å². The van der Waals surface area contributed by atoms with E-state index in [2.05, 4.69) is 62.5 Å². The summed E-state index contributed by atoms with van der Waals surface area (Å²) in [5, 5.41) is 0. The van der Waals surface area contributed by atoms with Crippen molar-refractivity contribution in [2.45, 2.75) is 55.5 Å². The average molecular weight is 282 g/mol. The van der Waals surface area contributed by atoms with Gasteiger partial charge in [-0.15, -0.1) is 0 Å². The summed E-state index contributed by atoms with van der Waals surface area (Å²) in [6.45, 7) is 4.49. The van der Waals surface area contributed by atoms with Crippen LogP contribution in [0.2, 0.25) is 9.56 Å². The van der Waals surface area contributed by atoms with Gasteiger partial charge < -0.3 is 0 Å². The number of allylic oxidation sites excluding steroid dienone is 8. The third-order valence-corrected chi connectivity index (χ3v) is 4.91. The molecule has 0 aromatic heterocycles. The third-order valence-electron chi connectivity index (χ3n) is 2.95. The Morgan fingerprint density at radius 1 is 0.667 bits per heavy atom. The average Bonchev–Trinajstić information content (AvgIpc) is 3.05. The molecule has 0 atom stereocenters. The van der Waals surface area contributed by atoms with Crippen molar-refractivity contribution in [3.8, 4) is 0 Å². The van der Waals surface area contributed by atoms with Crippen LogP contribution in [0, 0.1) is 0 Å². The first-order chi connectivity index (χ1) is 8.86. The van der Waals surface area contributed by atoms with Gasteiger partial charge in [-0.25, -0.2) is 0 Å². The molecule has 1 heteroatoms. The zero-order valence-corrected chi connectivity index (χ0v) is 13.0. The first-order valence-corrected chi connectivity index (χ1v) is 8.69. The van der Waals surface area contributed by atoms with E-state index in [4.69, 9.17) is 0 Å². The van der Waals surface area contributed by atoms with Gasteiger partial charge in [0, 0.05) is 0 Å². The maximum Gasteiger partial charge on any atom is -0.0533 e. The molecule has 0 N–H and O–H groups in total. The molecule has 18 heavy (non-hydrogen) atoms. The topological polar surface area (TPSA) is 0 Å². The standard InChI is InChI=1S/C7H16.2C5H5.Cr/c1-3-5-7-6-4-2;2*1-2-4-5-3-1;/h3-7H2,1-2H3;2*1-5H;. The fourth-order valence-electron chi connectivity index (χ4n) is 1.86. The summed E-state index contributed by atoms with van der Waals surface area (Å²) < 4.78 is 1.47. The van der Waals surface area contributed by atoms with E-state index >= 15 is 0 Å². The van der Waals surface area contributed by atoms with E-state index in [0.717, 1.165) is 9.56 Å². The summed E-state index contributed by atoms with van der Waals surface area (Å²) in [5.41, 5.74) is 0. The van der Waals surface area contributed by atoms with Crippen LogP contribution in [0.15, 0.2) is 48.6 Å². The molecule has 0 saturated carbocycles. The van der Waals surface area contributed by atoms with Crippen molar-refractivity contribution in [1.82, 2.24) is 0 Å². The van der Waals surface area contributed by atoms with Gasteiger partial charge in [-0.1, -0.05) is 46.0 Å². The largest absolute Gasteiger partial charge is 0.0654 e. The first kappa shape index (κ1) is 15.5. The normalized spacial score (nSPS) is 17.4. The molecule has 0 nitrogen and oxygen atoms in total. The summed E-state index contributed by atoms with van der Waals surface area (Å²) >= 11 is 0.688. The second-order valence-corrected chi connectivity index (χ2v) is 6.79. The molecular weight excluding hydrogens is 256 g/mol. The predicted molar refractivity (Wildman–Crippen MR) is 78.5 cm³/mol. The maximum absolute atomic E-state index is 2.29. The van der Waals surface area contributed by atoms with Gasteiger partial charge in [0.05, 0.1) is 0 Å². The van der Waals surface area contributed by atoms with Gasteiger partial charge in [-0.2, -0.15) is 0 Å². The molecule has 2 aliphatic rings. The van der Waals surface area contributed by atoms with Crippen LogP contribution in [0.5, 0.6) is 0 Å². The quantitative estimate of drug-likeness (QED) is 0.534. The first-order valence-electron chi connectivity index (χ1n) is 7.22. The summed E-state index contributed by atoms with van der Waals surface area (Å²) in [4.78, 5) is 0. The van der Waals surface area contributed by atoms with Crippen LogP contribution in [-0.4, -0.2) is 0 Å². The fraction of sp³-hybridized carbons (Fsp3) is 0.529. The van der Waals surface area contributed by atoms with Crippen LogP contribution < -0.4 is 0 Å². The third kappa shape index (κ3) is 7.04. The molecule has 100 valence electrons. The van der Waals surface area contributed by atoms with Crippen molar-refractivity contribution < 1.29 is 15.2 Å². The molecule has 0 heterocycles. The van der Waals surface area contributed by atoms with Crippen LogP contribution in [0.25, 0.3) is 0 Å². The molecule has 2 aliphatic carbocycles. The second kappa shape index (κ2) is 10.4. The van der Waals surface area contributed by atoms with Gasteiger partial charge in [0.2, 0.25) is 0 Å². The zero-order valence-electron chi connectivity index (χ0n) is 11.7. The van der Waals surface area contributed by atoms with E-state index in [1.54, 1.807) is 0 Å². The Labute approximate surface area is 119 Å². The van der Waals surface area contributed by atoms with Gasteiger partial charge in [0.1, 0.15) is 0 Å². The van der Waals surface area contributed by atoms with Gasteiger partial charge in [-0.3, -0.25) is 0 Å². The molecule has 0 saturated heterocycles. The van der Waals surface area contributed by atoms with E-state index in [1.165, 1.54) is 32.1 Å². The maximum atomic E-state index is 2.29. The van der Waals surface area contributed by atoms with Crippen molar-refractivity contribution in [1.29, 1.82) is 0 Å². The van der Waals surface area contributed by atoms with E-state index in [1.807, 2.05) is 0 Å². The fourth-order valence-corrected chi connectivity index (χ4v) is 3.56. The van der Waals surface area contributed by atoms with Crippen molar-refractivity contribution in [3.05, 3.63) is 48.6 Å². The summed E-state index contributed by atoms with van der Waals surface area (Å²) in [5.74, 6) is 0. The van der Waals surface area contributed by atoms with Crippen LogP contribution >= 0.6 is 0 Å². The summed E-state index contributed by atoms with van der Waals surface area (Å²) in [7, 11) is 0. The molecule has 0 unspecified atom stereocenters. The molecule has 0 amide bonds. The van der Waals surface area contributed by atoms with E-state index in [0.29, 0.717) is 15.2 Å². The minimum Gasteiger partial charge on any atom is -0.0654 e. The van der Waals surface area contributed by atoms with Crippen LogP contribution in [-0.2, 0) is 15.2 Å². The Kier molecular flexibility index (Phi) is 9.00. The monoisotopic (exact) mass is 282 g/mol. The Morgan fingerprint density at radius 3 is 1.39 bits per heavy atom. The number of hydrogen-bond donors (Lipinski definition) is 0. The molecule has 0 spiro atoms. The van der Waals surface area contributed by atoms with E-state index < -0.39 is 0 Å². The van der Waals surface area contributed by atoms with Gasteiger partial charge >= 0.3 is 73.4 Å². The molecule has 2 rings (SSSR count). The molecule has 0 radical (unpaired) electrons. The van der Waals surface area contributed by atoms with Crippen molar-refractivity contribution in [2.24, 2.45) is 0 Å². The van der Waals surface area contributed by atoms with E-state index in [9.17, 15) is 0 Å². The Bertz CT molecular complexity index is 256. The minimum absolute atomic E-state index is 0.688. The summed E-state index contributed by atoms with van der Waals surface area (Å²) in [6, 6.07) is 0. The Balaban J connectivity index is 0.000000203. The number of rotatable bonds is 6. The molecule has 0 bridgehead atoms. The number of unbranched alkanes of at least 4 members (excludes halogenated alkanes) is 4. The van der Waals surface area contributed by atoms with Crippen molar-refractivity contribution in [2.75, 3.05) is 0 Å². The van der Waals surface area contributed by atoms with Crippen LogP contribution in [0.3, 0.4) is 0 Å². The predicted octanol–water partition coefficient (Wildman–Crippen LogP) is 5.87. The Morgan fingerprint density at radius 2 is 1.06 bits per heavy atom. The van der Waals surface area contributed by atoms with Gasteiger partial charge in [-0.05, 0) is 0 Å². The summed E-state index contributed by atoms with van der Waals surface area (Å²) in [6.07, 6.45) is 24.8. The smallest absolute Gasteiger partial charge is 0.0533 e. The minimum atomic E-state index is 0.688. The second-order valence-electron chi connectivity index (χ2n) is 4.67. The van der Waals surface area contributed by atoms with Crippen LogP contribution in [0.1, 0.15) is 46.0 Å².